The van der Waals surface area contributed by atoms with Gasteiger partial charge >= 0.3 is 0 Å². The van der Waals surface area contributed by atoms with Gasteiger partial charge in [0.2, 0.25) is 11.8 Å². The summed E-state index contributed by atoms with van der Waals surface area (Å²) in [6.45, 7) is 0. The van der Waals surface area contributed by atoms with E-state index in [0.717, 1.165) is 64.8 Å². The number of aliphatic hydroxyl groups is 2. The number of carbonyl (C=O) groups excluding carboxylic acids is 2. The third-order valence-electron chi connectivity index (χ3n) is 10.9. The molecule has 6 heteroatoms. The van der Waals surface area contributed by atoms with Crippen LogP contribution in [0.1, 0.15) is 93.8 Å². The summed E-state index contributed by atoms with van der Waals surface area (Å²) in [6, 6.07) is 26.8. The fourth-order valence-electron chi connectivity index (χ4n) is 8.19. The molecule has 0 bridgehead atoms. The van der Waals surface area contributed by atoms with Crippen LogP contribution in [-0.4, -0.2) is 33.2 Å². The van der Waals surface area contributed by atoms with Crippen molar-refractivity contribution in [3.05, 3.63) is 96.1 Å². The molecule has 4 N–H and O–H groups in total. The predicted molar refractivity (Wildman–Crippen MR) is 173 cm³/mol. The molecule has 228 valence electrons. The third kappa shape index (κ3) is 4.89. The predicted octanol–water partition coefficient (Wildman–Crippen LogP) is 6.79. The van der Waals surface area contributed by atoms with Gasteiger partial charge in [-0.25, -0.2) is 0 Å². The molecular formula is C38H42N2O4. The molecule has 6 nitrogen and oxygen atoms in total. The van der Waals surface area contributed by atoms with Crippen molar-refractivity contribution in [2.75, 3.05) is 0 Å². The molecule has 0 radical (unpaired) electrons. The lowest BCUT2D eigenvalue weighted by Gasteiger charge is -2.44. The van der Waals surface area contributed by atoms with E-state index in [0.29, 0.717) is 38.5 Å². The first-order chi connectivity index (χ1) is 21.3. The molecule has 0 unspecified atom stereocenters. The topological polar surface area (TPSA) is 98.7 Å². The van der Waals surface area contributed by atoms with E-state index < -0.39 is 28.7 Å². The zero-order valence-electron chi connectivity index (χ0n) is 25.2. The molecular weight excluding hydrogens is 548 g/mol. The quantitative estimate of drug-likeness (QED) is 0.170. The largest absolute Gasteiger partial charge is 0.387 e. The van der Waals surface area contributed by atoms with Gasteiger partial charge in [-0.1, -0.05) is 117 Å². The molecule has 2 amide bonds. The van der Waals surface area contributed by atoms with Crippen LogP contribution in [0.25, 0.3) is 21.5 Å². The Kier molecular flexibility index (Phi) is 7.46. The molecule has 0 aromatic heterocycles. The summed E-state index contributed by atoms with van der Waals surface area (Å²) in [5.41, 5.74) is -1.68. The minimum Gasteiger partial charge on any atom is -0.387 e. The summed E-state index contributed by atoms with van der Waals surface area (Å²) >= 11 is 0. The maximum atomic E-state index is 14.4. The standard InChI is InChI=1S/C38H42N2O4/c41-34(39-32(37(43)22-5-6-23-37)30-18-9-14-26-12-1-3-16-28(26)30)36(20-11-21-36)35(42)40-33(38(44)24-7-8-25-38)31-19-10-15-27-13-2-4-17-29(27)31/h1-4,9-10,12-19,32-33,43-44H,5-8,11,20-25H2,(H,39,41)(H,40,42)/t32-,33-/m0/s1. The van der Waals surface area contributed by atoms with Crippen molar-refractivity contribution in [1.29, 1.82) is 0 Å². The van der Waals surface area contributed by atoms with Gasteiger partial charge in [-0.2, -0.15) is 0 Å². The second-order valence-electron chi connectivity index (χ2n) is 13.5. The van der Waals surface area contributed by atoms with Crippen molar-refractivity contribution >= 4 is 33.4 Å². The van der Waals surface area contributed by atoms with Gasteiger partial charge in [0.25, 0.3) is 0 Å². The maximum Gasteiger partial charge on any atom is 0.236 e. The highest BCUT2D eigenvalue weighted by Gasteiger charge is 2.54. The van der Waals surface area contributed by atoms with Crippen molar-refractivity contribution in [1.82, 2.24) is 10.6 Å². The maximum absolute atomic E-state index is 14.4. The van der Waals surface area contributed by atoms with Crippen molar-refractivity contribution < 1.29 is 19.8 Å². The molecule has 3 saturated carbocycles. The van der Waals surface area contributed by atoms with Crippen molar-refractivity contribution in [2.45, 2.75) is 93.9 Å². The lowest BCUT2D eigenvalue weighted by atomic mass is 9.66. The molecule has 3 aliphatic rings. The number of benzene rings is 4. The average Bonchev–Trinajstić information content (AvgIpc) is 3.67. The summed E-state index contributed by atoms with van der Waals surface area (Å²) < 4.78 is 0. The van der Waals surface area contributed by atoms with Crippen LogP contribution >= 0.6 is 0 Å². The highest BCUT2D eigenvalue weighted by molar-refractivity contribution is 6.06. The minimum atomic E-state index is -1.25. The SMILES string of the molecule is O=C(N[C@@H](c1cccc2ccccc12)C1(O)CCCC1)C1(C(=O)N[C@@H](c2cccc3ccccc23)C2(O)CCCC2)CCC1. The Hall–Kier alpha value is -3.74. The number of amides is 2. The summed E-state index contributed by atoms with van der Waals surface area (Å²) in [7, 11) is 0. The molecule has 44 heavy (non-hydrogen) atoms. The molecule has 0 aliphatic heterocycles. The van der Waals surface area contributed by atoms with Crippen molar-refractivity contribution in [2.24, 2.45) is 5.41 Å². The lowest BCUT2D eigenvalue weighted by molar-refractivity contribution is -0.153. The summed E-state index contributed by atoms with van der Waals surface area (Å²) in [6.07, 6.45) is 7.59. The Morgan fingerprint density at radius 1 is 0.523 bits per heavy atom. The number of carbonyl (C=O) groups is 2. The first kappa shape index (κ1) is 29.0. The number of rotatable bonds is 8. The Morgan fingerprint density at radius 3 is 1.30 bits per heavy atom. The first-order valence-corrected chi connectivity index (χ1v) is 16.4. The molecule has 0 heterocycles. The van der Waals surface area contributed by atoms with Crippen LogP contribution in [0, 0.1) is 5.41 Å². The van der Waals surface area contributed by atoms with Crippen LogP contribution in [0.2, 0.25) is 0 Å². The Labute approximate surface area is 258 Å². The van der Waals surface area contributed by atoms with Crippen molar-refractivity contribution in [3.8, 4) is 0 Å². The van der Waals surface area contributed by atoms with E-state index >= 15 is 0 Å². The van der Waals surface area contributed by atoms with Crippen LogP contribution in [0.3, 0.4) is 0 Å². The minimum absolute atomic E-state index is 0.338. The highest BCUT2D eigenvalue weighted by Crippen LogP contribution is 2.48. The van der Waals surface area contributed by atoms with E-state index in [-0.39, 0.29) is 11.8 Å². The van der Waals surface area contributed by atoms with Gasteiger partial charge in [-0.15, -0.1) is 0 Å². The van der Waals surface area contributed by atoms with E-state index in [1.165, 1.54) is 0 Å². The van der Waals surface area contributed by atoms with Crippen LogP contribution in [0.4, 0.5) is 0 Å². The molecule has 0 spiro atoms. The van der Waals surface area contributed by atoms with Gasteiger partial charge < -0.3 is 20.8 Å². The fraction of sp³-hybridized carbons (Fsp3) is 0.421. The number of hydrogen-bond donors (Lipinski definition) is 4. The molecule has 2 atom stereocenters. The van der Waals surface area contributed by atoms with Crippen LogP contribution in [0.5, 0.6) is 0 Å². The molecule has 4 aromatic rings. The number of nitrogens with one attached hydrogen (secondary N) is 2. The monoisotopic (exact) mass is 590 g/mol. The van der Waals surface area contributed by atoms with E-state index in [1.54, 1.807) is 0 Å². The number of hydrogen-bond acceptors (Lipinski definition) is 4. The zero-order valence-corrected chi connectivity index (χ0v) is 25.2. The summed E-state index contributed by atoms with van der Waals surface area (Å²) in [4.78, 5) is 28.8. The summed E-state index contributed by atoms with van der Waals surface area (Å²) in [5, 5.41) is 34.4. The fourth-order valence-corrected chi connectivity index (χ4v) is 8.19. The van der Waals surface area contributed by atoms with Gasteiger partial charge in [0, 0.05) is 0 Å². The molecule has 4 aromatic carbocycles. The normalized spacial score (nSPS) is 21.4. The van der Waals surface area contributed by atoms with E-state index in [9.17, 15) is 19.8 Å². The lowest BCUT2D eigenvalue weighted by Crippen LogP contribution is -2.59. The summed E-state index contributed by atoms with van der Waals surface area (Å²) in [5.74, 6) is -0.677. The highest BCUT2D eigenvalue weighted by atomic mass is 16.3. The zero-order chi connectivity index (χ0) is 30.4. The third-order valence-corrected chi connectivity index (χ3v) is 10.9. The van der Waals surface area contributed by atoms with Crippen molar-refractivity contribution in [3.63, 3.8) is 0 Å². The second-order valence-corrected chi connectivity index (χ2v) is 13.5. The van der Waals surface area contributed by atoms with Crippen LogP contribution < -0.4 is 10.6 Å². The Balaban J connectivity index is 1.23. The van der Waals surface area contributed by atoms with Gasteiger partial charge in [-0.3, -0.25) is 9.59 Å². The average molecular weight is 591 g/mol. The smallest absolute Gasteiger partial charge is 0.236 e. The van der Waals surface area contributed by atoms with Gasteiger partial charge in [0.05, 0.1) is 23.3 Å². The molecule has 3 aliphatic carbocycles. The second kappa shape index (κ2) is 11.3. The molecule has 3 fully saturated rings. The molecule has 0 saturated heterocycles. The Bertz CT molecular complexity index is 1570. The van der Waals surface area contributed by atoms with Crippen LogP contribution in [0.15, 0.2) is 84.9 Å². The van der Waals surface area contributed by atoms with Crippen LogP contribution in [-0.2, 0) is 9.59 Å². The molecule has 7 rings (SSSR count). The van der Waals surface area contributed by atoms with E-state index in [1.807, 2.05) is 84.9 Å². The number of fused-ring (bicyclic) bond motifs is 2. The van der Waals surface area contributed by atoms with Gasteiger partial charge in [0.15, 0.2) is 0 Å². The first-order valence-electron chi connectivity index (χ1n) is 16.4. The Morgan fingerprint density at radius 2 is 0.909 bits per heavy atom. The van der Waals surface area contributed by atoms with E-state index in [4.69, 9.17) is 0 Å². The van der Waals surface area contributed by atoms with Gasteiger partial charge in [0.1, 0.15) is 5.41 Å². The van der Waals surface area contributed by atoms with Gasteiger partial charge in [-0.05, 0) is 71.2 Å². The van der Waals surface area contributed by atoms with E-state index in [2.05, 4.69) is 10.6 Å².